The smallest absolute Gasteiger partial charge is 0.315 e. The third-order valence-electron chi connectivity index (χ3n) is 5.02. The first kappa shape index (κ1) is 16.7. The molecule has 24 heavy (non-hydrogen) atoms. The topological polar surface area (TPSA) is 74.3 Å². The van der Waals surface area contributed by atoms with Gasteiger partial charge in [0.25, 0.3) is 0 Å². The number of rotatable bonds is 4. The molecular formula is C18H26N4O2. The number of fused-ring (bicyclic) bond motifs is 1. The van der Waals surface area contributed by atoms with Gasteiger partial charge in [0, 0.05) is 37.8 Å². The lowest BCUT2D eigenvalue weighted by molar-refractivity contribution is -0.129. The third-order valence-corrected chi connectivity index (χ3v) is 5.02. The number of nitrogens with zero attached hydrogens (tertiary/aromatic N) is 2. The lowest BCUT2D eigenvalue weighted by atomic mass is 9.99. The van der Waals surface area contributed by atoms with Crippen molar-refractivity contribution in [2.24, 2.45) is 0 Å². The molecule has 3 heterocycles. The van der Waals surface area contributed by atoms with Crippen LogP contribution in [0.15, 0.2) is 12.3 Å². The zero-order valence-electron chi connectivity index (χ0n) is 14.5. The molecule has 0 aromatic carbocycles. The fourth-order valence-corrected chi connectivity index (χ4v) is 3.79. The van der Waals surface area contributed by atoms with Crippen molar-refractivity contribution in [1.29, 1.82) is 0 Å². The average molecular weight is 330 g/mol. The van der Waals surface area contributed by atoms with E-state index in [9.17, 15) is 9.59 Å². The summed E-state index contributed by atoms with van der Waals surface area (Å²) in [4.78, 5) is 30.5. The number of hydrogen-bond acceptors (Lipinski definition) is 3. The van der Waals surface area contributed by atoms with E-state index in [1.165, 1.54) is 0 Å². The van der Waals surface area contributed by atoms with Gasteiger partial charge in [0.15, 0.2) is 0 Å². The molecular weight excluding hydrogens is 304 g/mol. The fraction of sp³-hybridized carbons (Fsp3) is 0.611. The molecule has 6 heteroatoms. The molecule has 6 nitrogen and oxygen atoms in total. The van der Waals surface area contributed by atoms with E-state index in [-0.39, 0.29) is 24.0 Å². The van der Waals surface area contributed by atoms with Crippen LogP contribution in [-0.4, -0.2) is 47.0 Å². The summed E-state index contributed by atoms with van der Waals surface area (Å²) in [6.07, 6.45) is 6.18. The molecule has 2 atom stereocenters. The largest absolute Gasteiger partial charge is 0.338 e. The highest BCUT2D eigenvalue weighted by Crippen LogP contribution is 2.28. The van der Waals surface area contributed by atoms with Crippen molar-refractivity contribution < 1.29 is 9.59 Å². The number of nitrogens with one attached hydrogen (secondary N) is 2. The fourth-order valence-electron chi connectivity index (χ4n) is 3.79. The first-order valence-corrected chi connectivity index (χ1v) is 8.80. The number of aromatic nitrogens is 1. The van der Waals surface area contributed by atoms with Crippen LogP contribution in [0, 0.1) is 13.8 Å². The Morgan fingerprint density at radius 3 is 3.00 bits per heavy atom. The second-order valence-corrected chi connectivity index (χ2v) is 6.89. The highest BCUT2D eigenvalue weighted by Gasteiger charge is 2.41. The zero-order valence-corrected chi connectivity index (χ0v) is 14.5. The number of carbonyl (C=O) groups excluding carboxylic acids is 2. The molecule has 130 valence electrons. The van der Waals surface area contributed by atoms with Gasteiger partial charge in [0.1, 0.15) is 0 Å². The Kier molecular flexibility index (Phi) is 5.02. The standard InChI is InChI=1S/C18H26N4O2/c1-12-9-13(2)14(20-11-12)6-7-19-18(24)21-15-10-17(23)22-8-4-3-5-16(15)22/h9,11,15-16H,3-8,10H2,1-2H3,(H2,19,21,24). The van der Waals surface area contributed by atoms with E-state index < -0.39 is 0 Å². The van der Waals surface area contributed by atoms with E-state index >= 15 is 0 Å². The molecule has 2 aliphatic rings. The zero-order chi connectivity index (χ0) is 17.1. The summed E-state index contributed by atoms with van der Waals surface area (Å²) in [6, 6.07) is 2.03. The summed E-state index contributed by atoms with van der Waals surface area (Å²) in [7, 11) is 0. The van der Waals surface area contributed by atoms with Crippen molar-refractivity contribution >= 4 is 11.9 Å². The number of pyridine rings is 1. The van der Waals surface area contributed by atoms with E-state index in [1.807, 2.05) is 24.9 Å². The maximum Gasteiger partial charge on any atom is 0.315 e. The van der Waals surface area contributed by atoms with E-state index in [2.05, 4.69) is 21.7 Å². The monoisotopic (exact) mass is 330 g/mol. The van der Waals surface area contributed by atoms with Crippen LogP contribution in [0.2, 0.25) is 0 Å². The average Bonchev–Trinajstić information content (AvgIpc) is 2.86. The molecule has 3 amide bonds. The lowest BCUT2D eigenvalue weighted by Gasteiger charge is -2.32. The first-order chi connectivity index (χ1) is 11.5. The number of piperidine rings is 1. The number of hydrogen-bond donors (Lipinski definition) is 2. The molecule has 2 fully saturated rings. The Bertz CT molecular complexity index is 631. The van der Waals surface area contributed by atoms with Gasteiger partial charge in [0.2, 0.25) is 5.91 Å². The molecule has 2 unspecified atom stereocenters. The molecule has 3 rings (SSSR count). The summed E-state index contributed by atoms with van der Waals surface area (Å²) >= 11 is 0. The van der Waals surface area contributed by atoms with Gasteiger partial charge in [-0.25, -0.2) is 4.79 Å². The highest BCUT2D eigenvalue weighted by molar-refractivity contribution is 5.82. The second-order valence-electron chi connectivity index (χ2n) is 6.89. The van der Waals surface area contributed by atoms with Gasteiger partial charge in [-0.05, 0) is 44.2 Å². The van der Waals surface area contributed by atoms with E-state index in [4.69, 9.17) is 0 Å². The van der Waals surface area contributed by atoms with Crippen molar-refractivity contribution in [1.82, 2.24) is 20.5 Å². The third kappa shape index (κ3) is 3.68. The minimum atomic E-state index is -0.190. The van der Waals surface area contributed by atoms with Gasteiger partial charge in [-0.2, -0.15) is 0 Å². The Labute approximate surface area is 143 Å². The molecule has 2 N–H and O–H groups in total. The van der Waals surface area contributed by atoms with Crippen LogP contribution in [0.1, 0.15) is 42.5 Å². The van der Waals surface area contributed by atoms with Crippen LogP contribution in [0.3, 0.4) is 0 Å². The minimum Gasteiger partial charge on any atom is -0.338 e. The molecule has 1 aromatic heterocycles. The van der Waals surface area contributed by atoms with Crippen LogP contribution in [0.25, 0.3) is 0 Å². The molecule has 0 saturated carbocycles. The Morgan fingerprint density at radius 2 is 2.21 bits per heavy atom. The molecule has 2 saturated heterocycles. The minimum absolute atomic E-state index is 0.0583. The Hall–Kier alpha value is -2.11. The van der Waals surface area contributed by atoms with Crippen LogP contribution in [0.5, 0.6) is 0 Å². The van der Waals surface area contributed by atoms with Gasteiger partial charge in [-0.15, -0.1) is 0 Å². The van der Waals surface area contributed by atoms with E-state index in [1.54, 1.807) is 0 Å². The predicted molar refractivity (Wildman–Crippen MR) is 91.7 cm³/mol. The van der Waals surface area contributed by atoms with Gasteiger partial charge in [0.05, 0.1) is 12.1 Å². The molecule has 2 aliphatic heterocycles. The first-order valence-electron chi connectivity index (χ1n) is 8.80. The maximum atomic E-state index is 12.1. The van der Waals surface area contributed by atoms with Crippen LogP contribution >= 0.6 is 0 Å². The highest BCUT2D eigenvalue weighted by atomic mass is 16.2. The summed E-state index contributed by atoms with van der Waals surface area (Å²) in [5.41, 5.74) is 3.30. The van der Waals surface area contributed by atoms with Crippen molar-refractivity contribution in [2.45, 2.75) is 58.0 Å². The molecule has 1 aromatic rings. The lowest BCUT2D eigenvalue weighted by Crippen LogP contribution is -2.50. The van der Waals surface area contributed by atoms with E-state index in [0.717, 1.165) is 42.6 Å². The van der Waals surface area contributed by atoms with Crippen molar-refractivity contribution in [3.05, 3.63) is 29.1 Å². The van der Waals surface area contributed by atoms with E-state index in [0.29, 0.717) is 19.4 Å². The van der Waals surface area contributed by atoms with Gasteiger partial charge < -0.3 is 15.5 Å². The predicted octanol–water partition coefficient (Wildman–Crippen LogP) is 1.69. The van der Waals surface area contributed by atoms with Crippen LogP contribution in [-0.2, 0) is 11.2 Å². The Balaban J connectivity index is 1.46. The number of urea groups is 1. The quantitative estimate of drug-likeness (QED) is 0.882. The van der Waals surface area contributed by atoms with Crippen molar-refractivity contribution in [3.8, 4) is 0 Å². The summed E-state index contributed by atoms with van der Waals surface area (Å²) < 4.78 is 0. The summed E-state index contributed by atoms with van der Waals surface area (Å²) in [5, 5.41) is 5.88. The van der Waals surface area contributed by atoms with Crippen LogP contribution in [0.4, 0.5) is 4.79 Å². The maximum absolute atomic E-state index is 12.1. The SMILES string of the molecule is Cc1cnc(CCNC(=O)NC2CC(=O)N3CCCCC23)c(C)c1. The normalized spacial score (nSPS) is 23.1. The molecule has 0 bridgehead atoms. The van der Waals surface area contributed by atoms with Crippen molar-refractivity contribution in [2.75, 3.05) is 13.1 Å². The number of carbonyl (C=O) groups is 2. The molecule has 0 aliphatic carbocycles. The molecule has 0 radical (unpaired) electrons. The number of aryl methyl sites for hydroxylation is 2. The second kappa shape index (κ2) is 7.20. The van der Waals surface area contributed by atoms with Gasteiger partial charge >= 0.3 is 6.03 Å². The Morgan fingerprint density at radius 1 is 1.38 bits per heavy atom. The number of amides is 3. The van der Waals surface area contributed by atoms with Gasteiger partial charge in [-0.1, -0.05) is 6.07 Å². The van der Waals surface area contributed by atoms with Crippen molar-refractivity contribution in [3.63, 3.8) is 0 Å². The molecule has 0 spiro atoms. The van der Waals surface area contributed by atoms with Gasteiger partial charge in [-0.3, -0.25) is 9.78 Å². The van der Waals surface area contributed by atoms with Crippen LogP contribution < -0.4 is 10.6 Å². The summed E-state index contributed by atoms with van der Waals surface area (Å²) in [5.74, 6) is 0.171. The summed E-state index contributed by atoms with van der Waals surface area (Å²) in [6.45, 7) is 5.43.